The first-order valence-corrected chi connectivity index (χ1v) is 9.16. The summed E-state index contributed by atoms with van der Waals surface area (Å²) < 4.78 is 5.30. The molecule has 1 atom stereocenters. The highest BCUT2D eigenvalue weighted by Crippen LogP contribution is 2.10. The summed E-state index contributed by atoms with van der Waals surface area (Å²) >= 11 is 6.14. The fourth-order valence-electron chi connectivity index (χ4n) is 2.97. The number of esters is 1. The summed E-state index contributed by atoms with van der Waals surface area (Å²) in [5.41, 5.74) is 2.13. The summed E-state index contributed by atoms with van der Waals surface area (Å²) in [5, 5.41) is 8.32. The van der Waals surface area contributed by atoms with Crippen molar-refractivity contribution in [3.8, 4) is 0 Å². The minimum atomic E-state index is -1.12. The molecule has 2 heterocycles. The van der Waals surface area contributed by atoms with Crippen LogP contribution in [0.2, 0.25) is 5.02 Å². The molecule has 0 saturated carbocycles. The Hall–Kier alpha value is -3.25. The Balaban J connectivity index is 1.45. The quantitative estimate of drug-likeness (QED) is 0.672. The zero-order chi connectivity index (χ0) is 19.5. The number of carbonyl (C=O) groups excluding carboxylic acids is 2. The van der Waals surface area contributed by atoms with Crippen molar-refractivity contribution in [2.75, 3.05) is 0 Å². The maximum absolute atomic E-state index is 12.4. The second-order valence-electron chi connectivity index (χ2n) is 6.38. The van der Waals surface area contributed by atoms with Crippen LogP contribution in [0.3, 0.4) is 0 Å². The van der Waals surface area contributed by atoms with E-state index >= 15 is 0 Å². The average Bonchev–Trinajstić information content (AvgIpc) is 3.18. The number of aryl methyl sites for hydroxylation is 2. The standard InChI is InChI=1S/C21H16ClN3O3/c22-16-7-4-8-17-15(16)12-19(20(26)23-17)28-21(27)18-11-14(24-25-18)10-9-13-5-2-1-3-6-13/h1-8,11-12,19H,9-10H2,(H,24,25). The topological polar surface area (TPSA) is 84.4 Å². The molecule has 0 saturated heterocycles. The summed E-state index contributed by atoms with van der Waals surface area (Å²) in [6.07, 6.45) is 1.91. The Kier molecular flexibility index (Phi) is 5.04. The Morgan fingerprint density at radius 3 is 2.75 bits per heavy atom. The second kappa shape index (κ2) is 7.78. The van der Waals surface area contributed by atoms with Crippen molar-refractivity contribution in [1.29, 1.82) is 0 Å². The number of rotatable bonds is 5. The molecule has 4 rings (SSSR count). The van der Waals surface area contributed by atoms with Gasteiger partial charge < -0.3 is 4.74 Å². The van der Waals surface area contributed by atoms with Gasteiger partial charge in [-0.1, -0.05) is 48.0 Å². The van der Waals surface area contributed by atoms with Crippen molar-refractivity contribution >= 4 is 29.6 Å². The minimum Gasteiger partial charge on any atom is -0.443 e. The number of amides is 1. The summed E-state index contributed by atoms with van der Waals surface area (Å²) in [6.45, 7) is 0. The average molecular weight is 394 g/mol. The van der Waals surface area contributed by atoms with Gasteiger partial charge in [-0.25, -0.2) is 9.79 Å². The van der Waals surface area contributed by atoms with E-state index in [1.807, 2.05) is 30.3 Å². The Morgan fingerprint density at radius 2 is 1.93 bits per heavy atom. The number of ether oxygens (including phenoxy) is 1. The van der Waals surface area contributed by atoms with E-state index in [0.29, 0.717) is 22.0 Å². The van der Waals surface area contributed by atoms with Gasteiger partial charge >= 0.3 is 5.97 Å². The number of aromatic amines is 1. The molecule has 2 aromatic carbocycles. The number of benzene rings is 2. The molecule has 1 N–H and O–H groups in total. The van der Waals surface area contributed by atoms with E-state index in [9.17, 15) is 9.59 Å². The fraction of sp³-hybridized carbons (Fsp3) is 0.143. The highest BCUT2D eigenvalue weighted by molar-refractivity contribution is 6.30. The van der Waals surface area contributed by atoms with Crippen LogP contribution < -0.4 is 10.6 Å². The predicted octanol–water partition coefficient (Wildman–Crippen LogP) is 2.01. The number of hydrogen-bond acceptors (Lipinski definition) is 4. The lowest BCUT2D eigenvalue weighted by atomic mass is 10.1. The molecule has 6 nitrogen and oxygen atoms in total. The Labute approximate surface area is 165 Å². The lowest BCUT2D eigenvalue weighted by molar-refractivity contribution is -0.124. The summed E-state index contributed by atoms with van der Waals surface area (Å²) in [7, 11) is 0. The number of H-pyrrole nitrogens is 1. The van der Waals surface area contributed by atoms with Crippen LogP contribution in [0.4, 0.5) is 0 Å². The number of halogens is 1. The molecule has 1 amide bonds. The largest absolute Gasteiger partial charge is 0.443 e. The highest BCUT2D eigenvalue weighted by atomic mass is 35.5. The SMILES string of the molecule is O=C(OC1C=c2c(Cl)cccc2=NC1=O)c1cc(CCc2ccccc2)[nH]n1. The smallest absolute Gasteiger partial charge is 0.359 e. The van der Waals surface area contributed by atoms with Gasteiger partial charge in [-0.05, 0) is 42.7 Å². The molecule has 28 heavy (non-hydrogen) atoms. The van der Waals surface area contributed by atoms with E-state index in [0.717, 1.165) is 12.1 Å². The fourth-order valence-corrected chi connectivity index (χ4v) is 3.20. The molecule has 3 aromatic rings. The molecule has 0 aliphatic carbocycles. The molecule has 1 aliphatic heterocycles. The lowest BCUT2D eigenvalue weighted by Crippen LogP contribution is -2.38. The van der Waals surface area contributed by atoms with Gasteiger partial charge in [0.1, 0.15) is 0 Å². The van der Waals surface area contributed by atoms with Gasteiger partial charge in [0.05, 0.1) is 5.36 Å². The molecule has 0 bridgehead atoms. The number of hydrogen-bond donors (Lipinski definition) is 1. The van der Waals surface area contributed by atoms with Crippen molar-refractivity contribution in [2.24, 2.45) is 4.99 Å². The van der Waals surface area contributed by atoms with E-state index in [1.54, 1.807) is 24.3 Å². The highest BCUT2D eigenvalue weighted by Gasteiger charge is 2.25. The zero-order valence-corrected chi connectivity index (χ0v) is 15.5. The molecular formula is C21H16ClN3O3. The number of carbonyl (C=O) groups is 2. The molecule has 1 unspecified atom stereocenters. The van der Waals surface area contributed by atoms with E-state index in [4.69, 9.17) is 16.3 Å². The lowest BCUT2D eigenvalue weighted by Gasteiger charge is -2.13. The number of aromatic nitrogens is 2. The predicted molar refractivity (Wildman–Crippen MR) is 103 cm³/mol. The number of nitrogens with zero attached hydrogens (tertiary/aromatic N) is 2. The monoisotopic (exact) mass is 393 g/mol. The minimum absolute atomic E-state index is 0.120. The molecule has 0 radical (unpaired) electrons. The van der Waals surface area contributed by atoms with Gasteiger partial charge in [0.25, 0.3) is 5.91 Å². The first-order valence-electron chi connectivity index (χ1n) is 8.78. The maximum atomic E-state index is 12.4. The van der Waals surface area contributed by atoms with E-state index in [-0.39, 0.29) is 5.69 Å². The van der Waals surface area contributed by atoms with Crippen LogP contribution in [0.25, 0.3) is 6.08 Å². The third kappa shape index (κ3) is 3.87. The number of nitrogens with one attached hydrogen (secondary N) is 1. The molecule has 0 spiro atoms. The molecule has 7 heteroatoms. The third-order valence-electron chi connectivity index (χ3n) is 4.42. The third-order valence-corrected chi connectivity index (χ3v) is 4.75. The van der Waals surface area contributed by atoms with Crippen LogP contribution in [0.1, 0.15) is 21.7 Å². The van der Waals surface area contributed by atoms with Crippen molar-refractivity contribution in [3.05, 3.63) is 87.1 Å². The van der Waals surface area contributed by atoms with E-state index in [2.05, 4.69) is 15.2 Å². The first-order chi connectivity index (χ1) is 13.6. The maximum Gasteiger partial charge on any atom is 0.359 e. The second-order valence-corrected chi connectivity index (χ2v) is 6.79. The van der Waals surface area contributed by atoms with Crippen molar-refractivity contribution in [3.63, 3.8) is 0 Å². The molecule has 0 fully saturated rings. The van der Waals surface area contributed by atoms with Crippen LogP contribution in [-0.4, -0.2) is 28.2 Å². The van der Waals surface area contributed by atoms with Gasteiger partial charge in [0.15, 0.2) is 5.69 Å². The molecule has 1 aromatic heterocycles. The van der Waals surface area contributed by atoms with Crippen LogP contribution >= 0.6 is 11.6 Å². The molecular weight excluding hydrogens is 378 g/mol. The van der Waals surface area contributed by atoms with Gasteiger partial charge in [0.2, 0.25) is 6.10 Å². The van der Waals surface area contributed by atoms with Gasteiger partial charge in [-0.15, -0.1) is 0 Å². The van der Waals surface area contributed by atoms with Gasteiger partial charge in [0, 0.05) is 15.9 Å². The van der Waals surface area contributed by atoms with Gasteiger partial charge in [-0.2, -0.15) is 5.10 Å². The van der Waals surface area contributed by atoms with Gasteiger partial charge in [-0.3, -0.25) is 9.89 Å². The summed E-state index contributed by atoms with van der Waals surface area (Å²) in [6, 6.07) is 16.7. The van der Waals surface area contributed by atoms with Crippen molar-refractivity contribution < 1.29 is 14.3 Å². The summed E-state index contributed by atoms with van der Waals surface area (Å²) in [4.78, 5) is 28.5. The Bertz CT molecular complexity index is 1160. The van der Waals surface area contributed by atoms with E-state index in [1.165, 1.54) is 11.6 Å². The van der Waals surface area contributed by atoms with Crippen LogP contribution in [0.15, 0.2) is 59.6 Å². The van der Waals surface area contributed by atoms with Crippen LogP contribution in [0.5, 0.6) is 0 Å². The number of fused-ring (bicyclic) bond motifs is 1. The molecule has 1 aliphatic rings. The normalized spacial score (nSPS) is 15.3. The van der Waals surface area contributed by atoms with Crippen LogP contribution in [0, 0.1) is 0 Å². The van der Waals surface area contributed by atoms with Crippen LogP contribution in [-0.2, 0) is 22.4 Å². The van der Waals surface area contributed by atoms with Crippen molar-refractivity contribution in [1.82, 2.24) is 10.2 Å². The van der Waals surface area contributed by atoms with Crippen molar-refractivity contribution in [2.45, 2.75) is 18.9 Å². The molecule has 140 valence electrons. The zero-order valence-electron chi connectivity index (χ0n) is 14.8. The Morgan fingerprint density at radius 1 is 1.11 bits per heavy atom. The first kappa shape index (κ1) is 18.1. The summed E-state index contributed by atoms with van der Waals surface area (Å²) in [5.74, 6) is -1.24. The van der Waals surface area contributed by atoms with E-state index < -0.39 is 18.0 Å².